The Morgan fingerprint density at radius 2 is 1.82 bits per heavy atom. The van der Waals surface area contributed by atoms with Gasteiger partial charge in [-0.1, -0.05) is 48.5 Å². The Bertz CT molecular complexity index is 1240. The molecule has 1 aliphatic heterocycles. The molecule has 4 rings (SSSR count). The molecule has 176 valence electrons. The number of carboxylic acids is 1. The predicted molar refractivity (Wildman–Crippen MR) is 121 cm³/mol. The number of fused-ring (bicyclic) bond motifs is 3. The Morgan fingerprint density at radius 3 is 2.56 bits per heavy atom. The predicted octanol–water partition coefficient (Wildman–Crippen LogP) is 1.68. The molecule has 2 heterocycles. The first-order chi connectivity index (χ1) is 16.3. The molecule has 1 aliphatic rings. The Labute approximate surface area is 194 Å². The largest absolute Gasteiger partial charge is 0.481 e. The normalized spacial score (nSPS) is 15.9. The van der Waals surface area contributed by atoms with Gasteiger partial charge in [-0.3, -0.25) is 24.6 Å². The molecule has 0 fully saturated rings. The molecule has 0 unspecified atom stereocenters. The maximum Gasteiger partial charge on any atom is 0.411 e. The Kier molecular flexibility index (Phi) is 6.60. The smallest absolute Gasteiger partial charge is 0.411 e. The van der Waals surface area contributed by atoms with Gasteiger partial charge < -0.3 is 20.6 Å². The van der Waals surface area contributed by atoms with Crippen LogP contribution in [0.2, 0.25) is 0 Å². The standard InChI is InChI=1S/C24H24N4O6/c25-17(11-21(29)30)22(31)27-23(32)20-10-16-15-8-4-5-9-18(15)26-19(16)12-28(20)24(33)34-13-14-6-2-1-3-7-14/h1-9,17,20,26H,10-13,25H2,(H,29,30)(H,27,31,32)/t17-,20+/m0/s1. The number of aromatic nitrogens is 1. The summed E-state index contributed by atoms with van der Waals surface area (Å²) in [6.07, 6.45) is -1.19. The van der Waals surface area contributed by atoms with E-state index in [-0.39, 0.29) is 19.6 Å². The molecule has 10 heteroatoms. The van der Waals surface area contributed by atoms with Crippen LogP contribution in [-0.4, -0.2) is 51.0 Å². The summed E-state index contributed by atoms with van der Waals surface area (Å²) in [5.41, 5.74) is 8.87. The molecule has 34 heavy (non-hydrogen) atoms. The lowest BCUT2D eigenvalue weighted by atomic mass is 9.96. The summed E-state index contributed by atoms with van der Waals surface area (Å²) in [6.45, 7) is 0.0948. The van der Waals surface area contributed by atoms with Crippen molar-refractivity contribution in [1.82, 2.24) is 15.2 Å². The fraction of sp³-hybridized carbons (Fsp3) is 0.250. The van der Waals surface area contributed by atoms with Gasteiger partial charge in [0.2, 0.25) is 11.8 Å². The highest BCUT2D eigenvalue weighted by Gasteiger charge is 2.38. The molecular weight excluding hydrogens is 440 g/mol. The van der Waals surface area contributed by atoms with Gasteiger partial charge in [0.25, 0.3) is 0 Å². The SMILES string of the molecule is N[C@@H](CC(=O)O)C(=O)NC(=O)[C@H]1Cc2c([nH]c3ccccc23)CN1C(=O)OCc1ccccc1. The van der Waals surface area contributed by atoms with E-state index in [1.54, 1.807) is 0 Å². The minimum Gasteiger partial charge on any atom is -0.481 e. The first kappa shape index (κ1) is 23.0. The third kappa shape index (κ3) is 4.91. The molecular formula is C24H24N4O6. The number of nitrogens with one attached hydrogen (secondary N) is 2. The number of nitrogens with two attached hydrogens (primary N) is 1. The number of carboxylic acid groups (broad SMARTS) is 1. The van der Waals surface area contributed by atoms with Crippen LogP contribution in [0.15, 0.2) is 54.6 Å². The van der Waals surface area contributed by atoms with Gasteiger partial charge in [-0.15, -0.1) is 0 Å². The van der Waals surface area contributed by atoms with Gasteiger partial charge in [-0.25, -0.2) is 4.79 Å². The van der Waals surface area contributed by atoms with Gasteiger partial charge in [0.1, 0.15) is 12.6 Å². The van der Waals surface area contributed by atoms with Gasteiger partial charge in [0.05, 0.1) is 19.0 Å². The summed E-state index contributed by atoms with van der Waals surface area (Å²) >= 11 is 0. The number of carbonyl (C=O) groups is 4. The van der Waals surface area contributed by atoms with Crippen molar-refractivity contribution < 1.29 is 29.0 Å². The van der Waals surface area contributed by atoms with Crippen LogP contribution < -0.4 is 11.1 Å². The highest BCUT2D eigenvalue weighted by atomic mass is 16.6. The zero-order chi connectivity index (χ0) is 24.2. The minimum atomic E-state index is -1.40. The molecule has 1 aromatic heterocycles. The monoisotopic (exact) mass is 464 g/mol. The number of hydrogen-bond donors (Lipinski definition) is 4. The molecule has 0 saturated carbocycles. The van der Waals surface area contributed by atoms with Crippen molar-refractivity contribution in [3.8, 4) is 0 Å². The second kappa shape index (κ2) is 9.75. The van der Waals surface area contributed by atoms with E-state index < -0.39 is 42.4 Å². The van der Waals surface area contributed by atoms with Crippen molar-refractivity contribution in [2.45, 2.75) is 38.1 Å². The quantitative estimate of drug-likeness (QED) is 0.432. The van der Waals surface area contributed by atoms with Crippen LogP contribution in [0.1, 0.15) is 23.2 Å². The van der Waals surface area contributed by atoms with E-state index in [9.17, 15) is 19.2 Å². The molecule has 2 aromatic carbocycles. The second-order valence-corrected chi connectivity index (χ2v) is 8.07. The summed E-state index contributed by atoms with van der Waals surface area (Å²) < 4.78 is 5.45. The van der Waals surface area contributed by atoms with E-state index in [1.807, 2.05) is 54.6 Å². The van der Waals surface area contributed by atoms with Crippen molar-refractivity contribution >= 4 is 34.8 Å². The summed E-state index contributed by atoms with van der Waals surface area (Å²) in [7, 11) is 0. The molecule has 0 radical (unpaired) electrons. The lowest BCUT2D eigenvalue weighted by molar-refractivity contribution is -0.141. The van der Waals surface area contributed by atoms with Crippen molar-refractivity contribution in [3.63, 3.8) is 0 Å². The number of aliphatic carboxylic acids is 1. The van der Waals surface area contributed by atoms with E-state index in [0.717, 1.165) is 27.7 Å². The van der Waals surface area contributed by atoms with Crippen molar-refractivity contribution in [2.24, 2.45) is 5.73 Å². The zero-order valence-corrected chi connectivity index (χ0v) is 18.2. The van der Waals surface area contributed by atoms with Crippen molar-refractivity contribution in [3.05, 3.63) is 71.4 Å². The number of rotatable bonds is 6. The van der Waals surface area contributed by atoms with Crippen LogP contribution in [0.4, 0.5) is 4.79 Å². The number of nitrogens with zero attached hydrogens (tertiary/aromatic N) is 1. The number of H-pyrrole nitrogens is 1. The Morgan fingerprint density at radius 1 is 1.12 bits per heavy atom. The lowest BCUT2D eigenvalue weighted by Gasteiger charge is -2.34. The van der Waals surface area contributed by atoms with E-state index in [0.29, 0.717) is 0 Å². The highest BCUT2D eigenvalue weighted by Crippen LogP contribution is 2.31. The van der Waals surface area contributed by atoms with Crippen molar-refractivity contribution in [2.75, 3.05) is 0 Å². The van der Waals surface area contributed by atoms with Crippen molar-refractivity contribution in [1.29, 1.82) is 0 Å². The molecule has 3 aromatic rings. The van der Waals surface area contributed by atoms with Crippen LogP contribution in [0.5, 0.6) is 0 Å². The summed E-state index contributed by atoms with van der Waals surface area (Å²) in [5, 5.41) is 11.9. The average Bonchev–Trinajstić information content (AvgIpc) is 3.19. The summed E-state index contributed by atoms with van der Waals surface area (Å²) in [4.78, 5) is 53.7. The maximum atomic E-state index is 13.1. The van der Waals surface area contributed by atoms with Crippen LogP contribution in [0.25, 0.3) is 10.9 Å². The summed E-state index contributed by atoms with van der Waals surface area (Å²) in [6, 6.07) is 14.2. The number of hydrogen-bond acceptors (Lipinski definition) is 6. The molecule has 0 bridgehead atoms. The third-order valence-corrected chi connectivity index (χ3v) is 5.72. The van der Waals surface area contributed by atoms with Gasteiger partial charge in [-0.2, -0.15) is 0 Å². The maximum absolute atomic E-state index is 13.1. The molecule has 10 nitrogen and oxygen atoms in total. The molecule has 2 atom stereocenters. The fourth-order valence-corrected chi connectivity index (χ4v) is 4.01. The number of carbonyl (C=O) groups excluding carboxylic acids is 3. The minimum absolute atomic E-state index is 0.0203. The number of benzene rings is 2. The number of aromatic amines is 1. The number of amides is 3. The van der Waals surface area contributed by atoms with Crippen LogP contribution >= 0.6 is 0 Å². The first-order valence-corrected chi connectivity index (χ1v) is 10.7. The van der Waals surface area contributed by atoms with Crippen LogP contribution in [0.3, 0.4) is 0 Å². The molecule has 5 N–H and O–H groups in total. The summed E-state index contributed by atoms with van der Waals surface area (Å²) in [5.74, 6) is -2.93. The van der Waals surface area contributed by atoms with E-state index in [1.165, 1.54) is 4.90 Å². The zero-order valence-electron chi connectivity index (χ0n) is 18.2. The fourth-order valence-electron chi connectivity index (χ4n) is 4.01. The second-order valence-electron chi connectivity index (χ2n) is 8.07. The third-order valence-electron chi connectivity index (χ3n) is 5.72. The number of ether oxygens (including phenoxy) is 1. The van der Waals surface area contributed by atoms with E-state index in [4.69, 9.17) is 15.6 Å². The molecule has 3 amide bonds. The molecule has 0 saturated heterocycles. The molecule has 0 spiro atoms. The molecule has 0 aliphatic carbocycles. The topological polar surface area (TPSA) is 155 Å². The first-order valence-electron chi connectivity index (χ1n) is 10.7. The van der Waals surface area contributed by atoms with Crippen LogP contribution in [0, 0.1) is 0 Å². The highest BCUT2D eigenvalue weighted by molar-refractivity contribution is 6.02. The van der Waals surface area contributed by atoms with Gasteiger partial charge in [-0.05, 0) is 17.2 Å². The van der Waals surface area contributed by atoms with E-state index >= 15 is 0 Å². The Balaban J connectivity index is 1.57. The van der Waals surface area contributed by atoms with Gasteiger partial charge in [0, 0.05) is 23.0 Å². The van der Waals surface area contributed by atoms with Crippen LogP contribution in [-0.2, 0) is 38.7 Å². The lowest BCUT2D eigenvalue weighted by Crippen LogP contribution is -2.55. The number of imide groups is 1. The Hall–Kier alpha value is -4.18. The number of para-hydroxylation sites is 1. The van der Waals surface area contributed by atoms with Gasteiger partial charge in [0.15, 0.2) is 0 Å². The van der Waals surface area contributed by atoms with Gasteiger partial charge >= 0.3 is 12.1 Å². The van der Waals surface area contributed by atoms with E-state index in [2.05, 4.69) is 10.3 Å². The average molecular weight is 464 g/mol.